The minimum Gasteiger partial charge on any atom is -0.313 e. The number of likely N-dealkylation sites (N-methyl/N-ethyl adjacent to an activating group) is 1. The average Bonchev–Trinajstić information content (AvgIpc) is 2.45. The number of unbranched alkanes of at least 4 members (excludes halogenated alkanes) is 1. The first kappa shape index (κ1) is 9.50. The van der Waals surface area contributed by atoms with Crippen LogP contribution < -0.4 is 5.32 Å². The van der Waals surface area contributed by atoms with Gasteiger partial charge in [0.05, 0.1) is 6.07 Å². The van der Waals surface area contributed by atoms with Crippen molar-refractivity contribution in [3.8, 4) is 6.07 Å². The summed E-state index contributed by atoms with van der Waals surface area (Å²) in [5.41, 5.74) is 0. The van der Waals surface area contributed by atoms with Gasteiger partial charge in [0.1, 0.15) is 0 Å². The molecule has 0 amide bonds. The molecule has 1 N–H and O–H groups in total. The van der Waals surface area contributed by atoms with Crippen molar-refractivity contribution in [1.82, 2.24) is 10.2 Å². The lowest BCUT2D eigenvalue weighted by atomic mass is 10.2. The molecule has 1 saturated heterocycles. The van der Waals surface area contributed by atoms with E-state index in [4.69, 9.17) is 5.26 Å². The molecule has 1 aliphatic heterocycles. The standard InChI is InChI=1S/C9H17N3/c1-12-7-4-9(8-12)11-6-3-2-5-10/h9,11H,2-4,6-8H2,1H3. The molecule has 3 nitrogen and oxygen atoms in total. The van der Waals surface area contributed by atoms with Crippen LogP contribution in [0.25, 0.3) is 0 Å². The van der Waals surface area contributed by atoms with E-state index in [1.165, 1.54) is 13.0 Å². The molecule has 3 heteroatoms. The largest absolute Gasteiger partial charge is 0.313 e. The van der Waals surface area contributed by atoms with Crippen LogP contribution in [0.5, 0.6) is 0 Å². The Bertz CT molecular complexity index is 162. The monoisotopic (exact) mass is 167 g/mol. The van der Waals surface area contributed by atoms with Crippen LogP contribution in [0.4, 0.5) is 0 Å². The predicted molar refractivity (Wildman–Crippen MR) is 48.8 cm³/mol. The molecule has 0 saturated carbocycles. The van der Waals surface area contributed by atoms with Gasteiger partial charge in [0.25, 0.3) is 0 Å². The van der Waals surface area contributed by atoms with Gasteiger partial charge in [-0.1, -0.05) is 0 Å². The first-order valence-corrected chi connectivity index (χ1v) is 4.62. The minimum absolute atomic E-state index is 0.661. The van der Waals surface area contributed by atoms with Crippen molar-refractivity contribution in [2.75, 3.05) is 26.7 Å². The fourth-order valence-corrected chi connectivity index (χ4v) is 1.58. The molecule has 0 spiro atoms. The quantitative estimate of drug-likeness (QED) is 0.623. The lowest BCUT2D eigenvalue weighted by Gasteiger charge is -2.11. The SMILES string of the molecule is CN1CCC(NCCCC#N)C1. The van der Waals surface area contributed by atoms with E-state index in [2.05, 4.69) is 23.3 Å². The van der Waals surface area contributed by atoms with Crippen LogP contribution in [0.3, 0.4) is 0 Å². The number of likely N-dealkylation sites (tertiary alicyclic amines) is 1. The summed E-state index contributed by atoms with van der Waals surface area (Å²) >= 11 is 0. The number of rotatable bonds is 4. The van der Waals surface area contributed by atoms with Crippen LogP contribution in [0.15, 0.2) is 0 Å². The number of nitriles is 1. The maximum atomic E-state index is 8.31. The first-order valence-electron chi connectivity index (χ1n) is 4.62. The van der Waals surface area contributed by atoms with Gasteiger partial charge in [-0.15, -0.1) is 0 Å². The van der Waals surface area contributed by atoms with E-state index in [0.717, 1.165) is 19.5 Å². The summed E-state index contributed by atoms with van der Waals surface area (Å²) in [6.45, 7) is 3.36. The summed E-state index contributed by atoms with van der Waals surface area (Å²) in [5.74, 6) is 0. The molecule has 12 heavy (non-hydrogen) atoms. The van der Waals surface area contributed by atoms with Gasteiger partial charge >= 0.3 is 0 Å². The number of nitrogens with one attached hydrogen (secondary N) is 1. The Balaban J connectivity index is 1.97. The van der Waals surface area contributed by atoms with Crippen molar-refractivity contribution in [2.45, 2.75) is 25.3 Å². The molecule has 68 valence electrons. The second kappa shape index (κ2) is 5.13. The summed E-state index contributed by atoms with van der Waals surface area (Å²) in [6, 6.07) is 2.81. The van der Waals surface area contributed by atoms with Gasteiger partial charge in [0.15, 0.2) is 0 Å². The smallest absolute Gasteiger partial charge is 0.0622 e. The van der Waals surface area contributed by atoms with Gasteiger partial charge in [-0.25, -0.2) is 0 Å². The molecule has 1 unspecified atom stereocenters. The van der Waals surface area contributed by atoms with Crippen LogP contribution in [-0.2, 0) is 0 Å². The lowest BCUT2D eigenvalue weighted by molar-refractivity contribution is 0.398. The van der Waals surface area contributed by atoms with Crippen molar-refractivity contribution >= 4 is 0 Å². The Labute approximate surface area is 74.4 Å². The lowest BCUT2D eigenvalue weighted by Crippen LogP contribution is -2.32. The highest BCUT2D eigenvalue weighted by atomic mass is 15.2. The zero-order valence-electron chi connectivity index (χ0n) is 7.71. The molecule has 1 atom stereocenters. The third-order valence-corrected chi connectivity index (χ3v) is 2.29. The highest BCUT2D eigenvalue weighted by Crippen LogP contribution is 2.05. The third-order valence-electron chi connectivity index (χ3n) is 2.29. The fourth-order valence-electron chi connectivity index (χ4n) is 1.58. The van der Waals surface area contributed by atoms with Gasteiger partial charge in [-0.3, -0.25) is 0 Å². The summed E-state index contributed by atoms with van der Waals surface area (Å²) < 4.78 is 0. The first-order chi connectivity index (χ1) is 5.83. The Hall–Kier alpha value is -0.590. The Kier molecular flexibility index (Phi) is 4.06. The van der Waals surface area contributed by atoms with Crippen LogP contribution in [-0.4, -0.2) is 37.6 Å². The van der Waals surface area contributed by atoms with E-state index in [1.54, 1.807) is 0 Å². The van der Waals surface area contributed by atoms with Crippen LogP contribution >= 0.6 is 0 Å². The molecule has 1 rings (SSSR count). The number of hydrogen-bond donors (Lipinski definition) is 1. The van der Waals surface area contributed by atoms with Gasteiger partial charge in [0.2, 0.25) is 0 Å². The van der Waals surface area contributed by atoms with E-state index in [0.29, 0.717) is 12.5 Å². The highest BCUT2D eigenvalue weighted by molar-refractivity contribution is 4.79. The van der Waals surface area contributed by atoms with Crippen molar-refractivity contribution in [2.24, 2.45) is 0 Å². The van der Waals surface area contributed by atoms with E-state index < -0.39 is 0 Å². The van der Waals surface area contributed by atoms with Gasteiger partial charge in [0, 0.05) is 19.0 Å². The Morgan fingerprint density at radius 2 is 2.50 bits per heavy atom. The molecule has 1 aliphatic rings. The molecule has 1 fully saturated rings. The molecule has 0 aromatic carbocycles. The van der Waals surface area contributed by atoms with Crippen LogP contribution in [0, 0.1) is 11.3 Å². The molecule has 0 aromatic heterocycles. The molecular weight excluding hydrogens is 150 g/mol. The Morgan fingerprint density at radius 3 is 3.08 bits per heavy atom. The molecule has 0 bridgehead atoms. The van der Waals surface area contributed by atoms with Gasteiger partial charge in [-0.2, -0.15) is 5.26 Å². The van der Waals surface area contributed by atoms with E-state index in [1.807, 2.05) is 0 Å². The maximum Gasteiger partial charge on any atom is 0.0622 e. The van der Waals surface area contributed by atoms with E-state index in [9.17, 15) is 0 Å². The van der Waals surface area contributed by atoms with E-state index in [-0.39, 0.29) is 0 Å². The zero-order valence-corrected chi connectivity index (χ0v) is 7.71. The van der Waals surface area contributed by atoms with Crippen LogP contribution in [0.2, 0.25) is 0 Å². The Morgan fingerprint density at radius 1 is 1.67 bits per heavy atom. The van der Waals surface area contributed by atoms with Crippen molar-refractivity contribution in [1.29, 1.82) is 5.26 Å². The zero-order chi connectivity index (χ0) is 8.81. The van der Waals surface area contributed by atoms with Crippen LogP contribution in [0.1, 0.15) is 19.3 Å². The second-order valence-corrected chi connectivity index (χ2v) is 3.46. The van der Waals surface area contributed by atoms with Crippen molar-refractivity contribution < 1.29 is 0 Å². The van der Waals surface area contributed by atoms with Gasteiger partial charge in [-0.05, 0) is 33.0 Å². The van der Waals surface area contributed by atoms with Crippen molar-refractivity contribution in [3.63, 3.8) is 0 Å². The van der Waals surface area contributed by atoms with E-state index >= 15 is 0 Å². The number of nitrogens with zero attached hydrogens (tertiary/aromatic N) is 2. The normalized spacial score (nSPS) is 24.2. The fraction of sp³-hybridized carbons (Fsp3) is 0.889. The average molecular weight is 167 g/mol. The summed E-state index contributed by atoms with van der Waals surface area (Å²) in [6.07, 6.45) is 2.91. The maximum absolute atomic E-state index is 8.31. The summed E-state index contributed by atoms with van der Waals surface area (Å²) in [4.78, 5) is 2.34. The summed E-state index contributed by atoms with van der Waals surface area (Å²) in [5, 5.41) is 11.8. The molecular formula is C9H17N3. The van der Waals surface area contributed by atoms with Gasteiger partial charge < -0.3 is 10.2 Å². The molecule has 1 heterocycles. The molecule has 0 radical (unpaired) electrons. The second-order valence-electron chi connectivity index (χ2n) is 3.46. The number of hydrogen-bond acceptors (Lipinski definition) is 3. The molecule has 0 aliphatic carbocycles. The highest BCUT2D eigenvalue weighted by Gasteiger charge is 2.17. The minimum atomic E-state index is 0.661. The van der Waals surface area contributed by atoms with Crippen molar-refractivity contribution in [3.05, 3.63) is 0 Å². The molecule has 0 aromatic rings. The predicted octanol–water partition coefficient (Wildman–Crippen LogP) is 0.584. The summed E-state index contributed by atoms with van der Waals surface area (Å²) in [7, 11) is 2.15. The topological polar surface area (TPSA) is 39.1 Å². The third kappa shape index (κ3) is 3.21.